The fourth-order valence-electron chi connectivity index (χ4n) is 2.42. The molecule has 0 saturated heterocycles. The van der Waals surface area contributed by atoms with Gasteiger partial charge in [0.2, 0.25) is 0 Å². The zero-order valence-corrected chi connectivity index (χ0v) is 15.3. The van der Waals surface area contributed by atoms with Gasteiger partial charge >= 0.3 is 0 Å². The van der Waals surface area contributed by atoms with Crippen LogP contribution in [-0.2, 0) is 0 Å². The third-order valence-electron chi connectivity index (χ3n) is 3.81. The largest absolute Gasteiger partial charge is 0.321 e. The topological polar surface area (TPSA) is 87.3 Å². The van der Waals surface area contributed by atoms with E-state index in [9.17, 15) is 14.4 Å². The molecule has 0 spiro atoms. The van der Waals surface area contributed by atoms with Crippen LogP contribution in [0, 0.1) is 6.92 Å². The van der Waals surface area contributed by atoms with Crippen LogP contribution in [0.15, 0.2) is 66.0 Å². The first-order chi connectivity index (χ1) is 13.0. The van der Waals surface area contributed by atoms with Crippen molar-refractivity contribution in [1.82, 2.24) is 10.9 Å². The average molecular weight is 379 g/mol. The Morgan fingerprint density at radius 2 is 1.59 bits per heavy atom. The predicted octanol–water partition coefficient (Wildman–Crippen LogP) is 3.38. The van der Waals surface area contributed by atoms with Crippen LogP contribution < -0.4 is 16.2 Å². The number of thiophene rings is 1. The molecule has 0 aliphatic carbocycles. The highest BCUT2D eigenvalue weighted by Crippen LogP contribution is 2.15. The van der Waals surface area contributed by atoms with Crippen molar-refractivity contribution in [3.05, 3.63) is 87.6 Å². The molecule has 0 atom stereocenters. The molecule has 2 aromatic carbocycles. The van der Waals surface area contributed by atoms with Gasteiger partial charge in [0.25, 0.3) is 17.7 Å². The number of benzene rings is 2. The molecule has 0 fully saturated rings. The fourth-order valence-corrected chi connectivity index (χ4v) is 3.04. The van der Waals surface area contributed by atoms with Gasteiger partial charge in [0.15, 0.2) is 0 Å². The van der Waals surface area contributed by atoms with E-state index in [1.807, 2.05) is 24.4 Å². The number of aryl methyl sites for hydroxylation is 1. The van der Waals surface area contributed by atoms with Crippen molar-refractivity contribution in [3.63, 3.8) is 0 Å². The number of amides is 3. The van der Waals surface area contributed by atoms with Crippen molar-refractivity contribution in [1.29, 1.82) is 0 Å². The number of hydrogen-bond donors (Lipinski definition) is 3. The highest BCUT2D eigenvalue weighted by molar-refractivity contribution is 7.12. The summed E-state index contributed by atoms with van der Waals surface area (Å²) in [6, 6.07) is 17.1. The van der Waals surface area contributed by atoms with Gasteiger partial charge in [0, 0.05) is 16.8 Å². The van der Waals surface area contributed by atoms with Gasteiger partial charge < -0.3 is 5.32 Å². The molecule has 1 heterocycles. The Bertz CT molecular complexity index is 984. The van der Waals surface area contributed by atoms with Gasteiger partial charge in [-0.15, -0.1) is 11.3 Å². The van der Waals surface area contributed by atoms with Crippen molar-refractivity contribution in [3.8, 4) is 0 Å². The Balaban J connectivity index is 1.62. The molecule has 0 saturated carbocycles. The molecular formula is C20H17N3O3S. The number of nitrogens with one attached hydrogen (secondary N) is 3. The minimum Gasteiger partial charge on any atom is -0.321 e. The molecule has 3 amide bonds. The molecule has 136 valence electrons. The molecule has 3 aromatic rings. The van der Waals surface area contributed by atoms with Gasteiger partial charge in [-0.25, -0.2) is 0 Å². The zero-order valence-electron chi connectivity index (χ0n) is 14.5. The summed E-state index contributed by atoms with van der Waals surface area (Å²) in [5.74, 6) is -1.12. The van der Waals surface area contributed by atoms with Crippen molar-refractivity contribution in [2.75, 3.05) is 5.32 Å². The van der Waals surface area contributed by atoms with Gasteiger partial charge in [-0.2, -0.15) is 0 Å². The quantitative estimate of drug-likeness (QED) is 0.607. The standard InChI is InChI=1S/C20H17N3O3S/c1-13-6-2-3-9-16(13)19(25)23-22-18(24)14-7-4-8-15(12-14)21-20(26)17-10-5-11-27-17/h2-12H,1H3,(H,21,26)(H,22,24)(H,23,25). The number of carbonyl (C=O) groups is 3. The van der Waals surface area contributed by atoms with Crippen LogP contribution in [0.4, 0.5) is 5.69 Å². The van der Waals surface area contributed by atoms with Crippen LogP contribution >= 0.6 is 11.3 Å². The summed E-state index contributed by atoms with van der Waals surface area (Å²) in [6.45, 7) is 1.82. The van der Waals surface area contributed by atoms with Crippen LogP contribution in [0.1, 0.15) is 36.0 Å². The van der Waals surface area contributed by atoms with E-state index in [1.54, 1.807) is 48.5 Å². The molecular weight excluding hydrogens is 362 g/mol. The van der Waals surface area contributed by atoms with E-state index < -0.39 is 11.8 Å². The maximum atomic E-state index is 12.3. The van der Waals surface area contributed by atoms with Gasteiger partial charge in [0.1, 0.15) is 0 Å². The molecule has 0 bridgehead atoms. The Morgan fingerprint density at radius 3 is 2.33 bits per heavy atom. The Labute approximate surface area is 160 Å². The van der Waals surface area contributed by atoms with Gasteiger partial charge in [-0.1, -0.05) is 30.3 Å². The second kappa shape index (κ2) is 8.29. The lowest BCUT2D eigenvalue weighted by Gasteiger charge is -2.10. The normalized spacial score (nSPS) is 10.1. The van der Waals surface area contributed by atoms with Gasteiger partial charge in [-0.3, -0.25) is 25.2 Å². The Morgan fingerprint density at radius 1 is 0.815 bits per heavy atom. The molecule has 3 N–H and O–H groups in total. The summed E-state index contributed by atoms with van der Waals surface area (Å²) in [4.78, 5) is 37.1. The number of carbonyl (C=O) groups excluding carboxylic acids is 3. The van der Waals surface area contributed by atoms with Crippen LogP contribution in [0.3, 0.4) is 0 Å². The molecule has 0 aliphatic rings. The predicted molar refractivity (Wildman–Crippen MR) is 105 cm³/mol. The maximum absolute atomic E-state index is 12.3. The van der Waals surface area contributed by atoms with Crippen LogP contribution in [-0.4, -0.2) is 17.7 Å². The molecule has 6 nitrogen and oxygen atoms in total. The number of hydrazine groups is 1. The van der Waals surface area contributed by atoms with Crippen molar-refractivity contribution in [2.24, 2.45) is 0 Å². The van der Waals surface area contributed by atoms with E-state index in [-0.39, 0.29) is 5.91 Å². The van der Waals surface area contributed by atoms with Crippen molar-refractivity contribution in [2.45, 2.75) is 6.92 Å². The van der Waals surface area contributed by atoms with Crippen LogP contribution in [0.25, 0.3) is 0 Å². The molecule has 3 rings (SSSR count). The number of hydrogen-bond acceptors (Lipinski definition) is 4. The lowest BCUT2D eigenvalue weighted by molar-refractivity contribution is 0.0846. The zero-order chi connectivity index (χ0) is 19.2. The summed E-state index contributed by atoms with van der Waals surface area (Å²) in [6.07, 6.45) is 0. The summed E-state index contributed by atoms with van der Waals surface area (Å²) in [7, 11) is 0. The molecule has 0 aliphatic heterocycles. The first kappa shape index (κ1) is 18.3. The molecule has 0 radical (unpaired) electrons. The minimum absolute atomic E-state index is 0.240. The molecule has 27 heavy (non-hydrogen) atoms. The van der Waals surface area contributed by atoms with Crippen molar-refractivity contribution < 1.29 is 14.4 Å². The number of rotatable bonds is 4. The smallest absolute Gasteiger partial charge is 0.269 e. The lowest BCUT2D eigenvalue weighted by Crippen LogP contribution is -2.41. The van der Waals surface area contributed by atoms with E-state index in [0.29, 0.717) is 21.7 Å². The summed E-state index contributed by atoms with van der Waals surface area (Å²) < 4.78 is 0. The van der Waals surface area contributed by atoms with E-state index >= 15 is 0 Å². The summed E-state index contributed by atoms with van der Waals surface area (Å²) >= 11 is 1.33. The summed E-state index contributed by atoms with van der Waals surface area (Å²) in [5, 5.41) is 4.56. The monoisotopic (exact) mass is 379 g/mol. The van der Waals surface area contributed by atoms with E-state index in [2.05, 4.69) is 16.2 Å². The third-order valence-corrected chi connectivity index (χ3v) is 4.68. The van der Waals surface area contributed by atoms with Gasteiger partial charge in [0.05, 0.1) is 4.88 Å². The van der Waals surface area contributed by atoms with E-state index in [4.69, 9.17) is 0 Å². The highest BCUT2D eigenvalue weighted by Gasteiger charge is 2.12. The maximum Gasteiger partial charge on any atom is 0.269 e. The number of anilines is 1. The first-order valence-electron chi connectivity index (χ1n) is 8.16. The lowest BCUT2D eigenvalue weighted by atomic mass is 10.1. The summed E-state index contributed by atoms with van der Waals surface area (Å²) in [5.41, 5.74) is 6.87. The fraction of sp³-hybridized carbons (Fsp3) is 0.0500. The Kier molecular flexibility index (Phi) is 5.63. The highest BCUT2D eigenvalue weighted by atomic mass is 32.1. The van der Waals surface area contributed by atoms with E-state index in [0.717, 1.165) is 5.56 Å². The third kappa shape index (κ3) is 4.59. The van der Waals surface area contributed by atoms with Crippen LogP contribution in [0.5, 0.6) is 0 Å². The Hall–Kier alpha value is -3.45. The first-order valence-corrected chi connectivity index (χ1v) is 9.04. The van der Waals surface area contributed by atoms with Crippen molar-refractivity contribution >= 4 is 34.7 Å². The van der Waals surface area contributed by atoms with Gasteiger partial charge in [-0.05, 0) is 48.2 Å². The second-order valence-corrected chi connectivity index (χ2v) is 6.68. The average Bonchev–Trinajstić information content (AvgIpc) is 3.21. The molecule has 1 aromatic heterocycles. The molecule has 7 heteroatoms. The minimum atomic E-state index is -0.482. The van der Waals surface area contributed by atoms with Crippen LogP contribution in [0.2, 0.25) is 0 Å². The second-order valence-electron chi connectivity index (χ2n) is 5.74. The molecule has 0 unspecified atom stereocenters. The SMILES string of the molecule is Cc1ccccc1C(=O)NNC(=O)c1cccc(NC(=O)c2cccs2)c1. The van der Waals surface area contributed by atoms with E-state index in [1.165, 1.54) is 11.3 Å².